The molecule has 266 valence electrons. The molecule has 0 aromatic heterocycles. The van der Waals surface area contributed by atoms with Crippen molar-refractivity contribution in [3.63, 3.8) is 0 Å². The summed E-state index contributed by atoms with van der Waals surface area (Å²) in [5.74, 6) is -4.13. The quantitative estimate of drug-likeness (QED) is 0.334. The average Bonchev–Trinajstić information content (AvgIpc) is 3.74. The molecule has 11 nitrogen and oxygen atoms in total. The molecule has 2 N–H and O–H groups in total. The number of benzene rings is 2. The van der Waals surface area contributed by atoms with Gasteiger partial charge in [-0.2, -0.15) is 0 Å². The van der Waals surface area contributed by atoms with E-state index in [-0.39, 0.29) is 43.9 Å². The fraction of sp³-hybridized carbons (Fsp3) is 0.487. The Morgan fingerprint density at radius 3 is 2.50 bits per heavy atom. The minimum atomic E-state index is -1.47. The zero-order valence-corrected chi connectivity index (χ0v) is 29.3. The summed E-state index contributed by atoms with van der Waals surface area (Å²) in [6, 6.07) is 12.3. The van der Waals surface area contributed by atoms with Gasteiger partial charge in [-0.05, 0) is 48.9 Å². The molecule has 1 spiro atoms. The van der Waals surface area contributed by atoms with Gasteiger partial charge in [0.1, 0.15) is 23.7 Å². The Labute approximate surface area is 293 Å². The molecule has 3 amide bonds. The van der Waals surface area contributed by atoms with Gasteiger partial charge >= 0.3 is 5.97 Å². The molecule has 2 aromatic carbocycles. The standard InChI is InChI=1S/C39H47N3O8/c1-23(2)29(21-43)42-35-37(46)41(28-20-24(3)15-16-25(28)4)19-11-7-10-14-31(44)40-27(22-48-5)34(26-12-8-6-9-13-26)49-38(47)32-30-17-18-39(35,50-30)33(32)36(42)45/h6-9,11-13,15-18,20,23,27,29-30,32-35,43H,10,14,19,21-22H2,1-5H3,(H,40,44)/b11-7-/t27-,29+,30+,32-,33-,34-,35+,39-/m1/s1. The lowest BCUT2D eigenvalue weighted by Gasteiger charge is -2.40. The first-order chi connectivity index (χ1) is 24.0. The first-order valence-electron chi connectivity index (χ1n) is 17.4. The number of cyclic esters (lactones) is 1. The van der Waals surface area contributed by atoms with Gasteiger partial charge in [0.25, 0.3) is 5.91 Å². The van der Waals surface area contributed by atoms with Crippen LogP contribution in [0.5, 0.6) is 0 Å². The van der Waals surface area contributed by atoms with Gasteiger partial charge in [-0.3, -0.25) is 19.2 Å². The average molecular weight is 686 g/mol. The number of aryl methyl sites for hydroxylation is 2. The van der Waals surface area contributed by atoms with E-state index in [0.29, 0.717) is 17.7 Å². The van der Waals surface area contributed by atoms with Gasteiger partial charge in [-0.25, -0.2) is 0 Å². The van der Waals surface area contributed by atoms with E-state index in [9.17, 15) is 19.5 Å². The maximum absolute atomic E-state index is 15.2. The van der Waals surface area contributed by atoms with Gasteiger partial charge in [0, 0.05) is 25.8 Å². The fourth-order valence-corrected chi connectivity index (χ4v) is 8.00. The summed E-state index contributed by atoms with van der Waals surface area (Å²) in [5.41, 5.74) is 1.66. The molecule has 11 heteroatoms. The number of nitrogens with zero attached hydrogens (tertiary/aromatic N) is 2. The van der Waals surface area contributed by atoms with E-state index in [1.165, 1.54) is 12.0 Å². The number of allylic oxidation sites excluding steroid dienone is 1. The molecule has 50 heavy (non-hydrogen) atoms. The van der Waals surface area contributed by atoms with Crippen molar-refractivity contribution in [2.45, 2.75) is 76.5 Å². The second-order valence-electron chi connectivity index (χ2n) is 14.1. The van der Waals surface area contributed by atoms with Gasteiger partial charge in [0.2, 0.25) is 11.8 Å². The zero-order chi connectivity index (χ0) is 35.7. The number of carbonyl (C=O) groups excluding carboxylic acids is 4. The second-order valence-corrected chi connectivity index (χ2v) is 14.1. The van der Waals surface area contributed by atoms with Crippen LogP contribution in [-0.4, -0.2) is 90.4 Å². The minimum absolute atomic E-state index is 0.0624. The normalized spacial score (nSPS) is 31.2. The minimum Gasteiger partial charge on any atom is -0.455 e. The third-order valence-electron chi connectivity index (χ3n) is 10.5. The van der Waals surface area contributed by atoms with Crippen molar-refractivity contribution < 1.29 is 38.5 Å². The van der Waals surface area contributed by atoms with Gasteiger partial charge in [0.15, 0.2) is 0 Å². The summed E-state index contributed by atoms with van der Waals surface area (Å²) in [7, 11) is 1.51. The summed E-state index contributed by atoms with van der Waals surface area (Å²) in [6.45, 7) is 7.49. The van der Waals surface area contributed by atoms with Crippen molar-refractivity contribution >= 4 is 29.4 Å². The molecule has 4 heterocycles. The predicted octanol–water partition coefficient (Wildman–Crippen LogP) is 3.57. The Morgan fingerprint density at radius 1 is 1.04 bits per heavy atom. The number of ether oxygens (including phenoxy) is 3. The molecule has 0 saturated carbocycles. The lowest BCUT2D eigenvalue weighted by molar-refractivity contribution is -0.162. The molecular weight excluding hydrogens is 638 g/mol. The molecule has 2 aromatic rings. The summed E-state index contributed by atoms with van der Waals surface area (Å²) in [6.07, 6.45) is 6.01. The number of aliphatic hydroxyl groups excluding tert-OH is 1. The van der Waals surface area contributed by atoms with Crippen molar-refractivity contribution in [2.24, 2.45) is 17.8 Å². The molecule has 2 saturated heterocycles. The Hall–Kier alpha value is -4.32. The maximum Gasteiger partial charge on any atom is 0.313 e. The number of fused-ring (bicyclic) bond motifs is 2. The summed E-state index contributed by atoms with van der Waals surface area (Å²) >= 11 is 0. The molecule has 0 unspecified atom stereocenters. The lowest BCUT2D eigenvalue weighted by atomic mass is 9.74. The van der Waals surface area contributed by atoms with Crippen LogP contribution in [0.3, 0.4) is 0 Å². The van der Waals surface area contributed by atoms with Gasteiger partial charge in [-0.15, -0.1) is 0 Å². The monoisotopic (exact) mass is 685 g/mol. The van der Waals surface area contributed by atoms with Crippen LogP contribution in [0, 0.1) is 31.6 Å². The van der Waals surface area contributed by atoms with E-state index in [2.05, 4.69) is 5.32 Å². The SMILES string of the molecule is COC[C@H]1NC(=O)CC/C=C\CN(c2cc(C)ccc2C)C(=O)[C@@H]2N([C@@H](CO)C(C)C)C(=O)[C@H]3[C@H](C(=O)O[C@@H]1c1ccccc1)[C@@H]1C=C[C@]23O1. The van der Waals surface area contributed by atoms with Crippen molar-refractivity contribution in [2.75, 3.05) is 31.8 Å². The Kier molecular flexibility index (Phi) is 10.3. The molecule has 8 atom stereocenters. The third-order valence-corrected chi connectivity index (χ3v) is 10.5. The number of methoxy groups -OCH3 is 1. The zero-order valence-electron chi connectivity index (χ0n) is 29.3. The van der Waals surface area contributed by atoms with Gasteiger partial charge in [-0.1, -0.05) is 80.6 Å². The van der Waals surface area contributed by atoms with Crippen molar-refractivity contribution in [3.05, 3.63) is 89.5 Å². The highest BCUT2D eigenvalue weighted by Gasteiger charge is 2.74. The Morgan fingerprint density at radius 2 is 1.80 bits per heavy atom. The van der Waals surface area contributed by atoms with E-state index in [0.717, 1.165) is 11.1 Å². The highest BCUT2D eigenvalue weighted by Crippen LogP contribution is 2.56. The predicted molar refractivity (Wildman–Crippen MR) is 186 cm³/mol. The maximum atomic E-state index is 15.2. The van der Waals surface area contributed by atoms with Gasteiger partial charge < -0.3 is 34.4 Å². The van der Waals surface area contributed by atoms with Crippen LogP contribution in [0.4, 0.5) is 5.69 Å². The van der Waals surface area contributed by atoms with Crippen LogP contribution >= 0.6 is 0 Å². The highest BCUT2D eigenvalue weighted by molar-refractivity contribution is 6.06. The number of hydrogen-bond acceptors (Lipinski definition) is 8. The van der Waals surface area contributed by atoms with Crippen molar-refractivity contribution in [3.8, 4) is 0 Å². The largest absolute Gasteiger partial charge is 0.455 e. The summed E-state index contributed by atoms with van der Waals surface area (Å²) in [4.78, 5) is 60.8. The number of amides is 3. The number of esters is 1. The topological polar surface area (TPSA) is 135 Å². The highest BCUT2D eigenvalue weighted by atomic mass is 16.6. The molecule has 0 aliphatic carbocycles. The first-order valence-corrected chi connectivity index (χ1v) is 17.4. The molecule has 5 bridgehead atoms. The van der Waals surface area contributed by atoms with Crippen LogP contribution in [0.1, 0.15) is 49.5 Å². The number of aliphatic hydroxyl groups is 1. The Balaban J connectivity index is 1.50. The number of nitrogens with one attached hydrogen (secondary N) is 1. The third kappa shape index (κ3) is 6.27. The van der Waals surface area contributed by atoms with E-state index < -0.39 is 59.6 Å². The summed E-state index contributed by atoms with van der Waals surface area (Å²) in [5, 5.41) is 13.7. The molecule has 2 fully saturated rings. The lowest BCUT2D eigenvalue weighted by Crippen LogP contribution is -2.59. The summed E-state index contributed by atoms with van der Waals surface area (Å²) < 4.78 is 18.4. The van der Waals surface area contributed by atoms with Crippen LogP contribution < -0.4 is 10.2 Å². The Bertz CT molecular complexity index is 1670. The van der Waals surface area contributed by atoms with E-state index >= 15 is 4.79 Å². The number of rotatable bonds is 7. The molecule has 4 aliphatic rings. The van der Waals surface area contributed by atoms with Crippen LogP contribution in [0.15, 0.2) is 72.8 Å². The van der Waals surface area contributed by atoms with E-state index in [4.69, 9.17) is 14.2 Å². The van der Waals surface area contributed by atoms with Gasteiger partial charge in [0.05, 0.1) is 37.3 Å². The van der Waals surface area contributed by atoms with Crippen LogP contribution in [0.25, 0.3) is 0 Å². The molecular formula is C39H47N3O8. The van der Waals surface area contributed by atoms with Crippen LogP contribution in [-0.2, 0) is 33.4 Å². The smallest absolute Gasteiger partial charge is 0.313 e. The molecule has 0 radical (unpaired) electrons. The fourth-order valence-electron chi connectivity index (χ4n) is 8.00. The van der Waals surface area contributed by atoms with Crippen molar-refractivity contribution in [1.29, 1.82) is 0 Å². The number of carbonyl (C=O) groups is 4. The van der Waals surface area contributed by atoms with E-state index in [1.54, 1.807) is 17.1 Å². The van der Waals surface area contributed by atoms with Crippen LogP contribution in [0.2, 0.25) is 0 Å². The van der Waals surface area contributed by atoms with E-state index in [1.807, 2.05) is 88.4 Å². The number of hydrogen-bond donors (Lipinski definition) is 2. The number of anilines is 1. The van der Waals surface area contributed by atoms with Crippen molar-refractivity contribution in [1.82, 2.24) is 10.2 Å². The second kappa shape index (κ2) is 14.5. The first kappa shape index (κ1) is 35.5. The molecule has 6 rings (SSSR count). The number of likely N-dealkylation sites (tertiary alicyclic amines) is 1. The molecule has 4 aliphatic heterocycles.